The van der Waals surface area contributed by atoms with E-state index in [9.17, 15) is 9.90 Å². The van der Waals surface area contributed by atoms with Crippen LogP contribution in [0.15, 0.2) is 0 Å². The second-order valence-electron chi connectivity index (χ2n) is 6.44. The van der Waals surface area contributed by atoms with Crippen molar-refractivity contribution < 1.29 is 9.90 Å². The Hall–Kier alpha value is -0.370. The number of hydrogen-bond acceptors (Lipinski definition) is 2. The fourth-order valence-corrected chi connectivity index (χ4v) is 3.77. The second-order valence-corrected chi connectivity index (χ2v) is 6.44. The van der Waals surface area contributed by atoms with Gasteiger partial charge in [-0.25, -0.2) is 0 Å². The van der Waals surface area contributed by atoms with Crippen molar-refractivity contribution in [3.8, 4) is 0 Å². The van der Waals surface area contributed by atoms with Gasteiger partial charge in [0, 0.05) is 5.92 Å². The summed E-state index contributed by atoms with van der Waals surface area (Å²) in [6, 6.07) is 0. The van der Waals surface area contributed by atoms with Gasteiger partial charge in [-0.3, -0.25) is 4.79 Å². The summed E-state index contributed by atoms with van der Waals surface area (Å²) in [6.07, 6.45) is 11.4. The molecule has 2 rings (SSSR count). The van der Waals surface area contributed by atoms with Gasteiger partial charge in [0.15, 0.2) is 5.78 Å². The highest BCUT2D eigenvalue weighted by atomic mass is 16.3. The average molecular weight is 252 g/mol. The van der Waals surface area contributed by atoms with Gasteiger partial charge < -0.3 is 5.11 Å². The number of carbonyl (C=O) groups excluding carboxylic acids is 1. The van der Waals surface area contributed by atoms with Crippen LogP contribution in [0.1, 0.15) is 77.6 Å². The van der Waals surface area contributed by atoms with Crippen molar-refractivity contribution in [2.24, 2.45) is 11.8 Å². The van der Waals surface area contributed by atoms with Crippen LogP contribution in [0, 0.1) is 11.8 Å². The molecule has 0 heterocycles. The van der Waals surface area contributed by atoms with Crippen LogP contribution < -0.4 is 0 Å². The maximum absolute atomic E-state index is 12.6. The number of Topliss-reactive ketones (excluding diaryl/α,β-unsaturated/α-hetero) is 1. The molecule has 0 saturated heterocycles. The lowest BCUT2D eigenvalue weighted by Crippen LogP contribution is -2.43. The lowest BCUT2D eigenvalue weighted by Gasteiger charge is -2.33. The lowest BCUT2D eigenvalue weighted by molar-refractivity contribution is -0.144. The van der Waals surface area contributed by atoms with E-state index in [0.717, 1.165) is 31.6 Å². The normalized spacial score (nSPS) is 32.8. The van der Waals surface area contributed by atoms with Crippen molar-refractivity contribution >= 4 is 5.78 Å². The maximum Gasteiger partial charge on any atom is 0.167 e. The van der Waals surface area contributed by atoms with E-state index in [1.807, 2.05) is 0 Å². The second kappa shape index (κ2) is 6.18. The molecule has 2 heteroatoms. The summed E-state index contributed by atoms with van der Waals surface area (Å²) in [6.45, 7) is 2.24. The zero-order chi connectivity index (χ0) is 13.0. The number of ketones is 1. The quantitative estimate of drug-likeness (QED) is 0.774. The molecule has 2 aliphatic carbocycles. The third-order valence-electron chi connectivity index (χ3n) is 5.18. The van der Waals surface area contributed by atoms with Crippen molar-refractivity contribution in [3.63, 3.8) is 0 Å². The Bertz CT molecular complexity index is 269. The van der Waals surface area contributed by atoms with Crippen LogP contribution >= 0.6 is 0 Å². The molecule has 1 N–H and O–H groups in total. The summed E-state index contributed by atoms with van der Waals surface area (Å²) in [4.78, 5) is 12.6. The predicted octanol–water partition coefficient (Wildman–Crippen LogP) is 3.86. The van der Waals surface area contributed by atoms with Crippen LogP contribution in [-0.2, 0) is 4.79 Å². The first kappa shape index (κ1) is 14.0. The van der Waals surface area contributed by atoms with Gasteiger partial charge in [-0.05, 0) is 44.4 Å². The Balaban J connectivity index is 1.93. The molecule has 2 nitrogen and oxygen atoms in total. The van der Waals surface area contributed by atoms with Crippen molar-refractivity contribution in [2.75, 3.05) is 0 Å². The Morgan fingerprint density at radius 1 is 1.06 bits per heavy atom. The van der Waals surface area contributed by atoms with Crippen LogP contribution in [0.3, 0.4) is 0 Å². The topological polar surface area (TPSA) is 37.3 Å². The van der Waals surface area contributed by atoms with Gasteiger partial charge in [0.1, 0.15) is 5.60 Å². The highest BCUT2D eigenvalue weighted by Gasteiger charge is 2.40. The fourth-order valence-electron chi connectivity index (χ4n) is 3.77. The highest BCUT2D eigenvalue weighted by molar-refractivity contribution is 5.89. The molecule has 0 unspecified atom stereocenters. The van der Waals surface area contributed by atoms with Crippen LogP contribution in [0.25, 0.3) is 0 Å². The van der Waals surface area contributed by atoms with Crippen LogP contribution in [0.4, 0.5) is 0 Å². The SMILES string of the molecule is CCC1CCC(C(=O)C2(O)CCCCCC2)CC1. The van der Waals surface area contributed by atoms with Gasteiger partial charge in [-0.1, -0.05) is 39.0 Å². The van der Waals surface area contributed by atoms with Crippen molar-refractivity contribution in [1.82, 2.24) is 0 Å². The molecular formula is C16H28O2. The van der Waals surface area contributed by atoms with Crippen molar-refractivity contribution in [3.05, 3.63) is 0 Å². The van der Waals surface area contributed by atoms with E-state index in [0.29, 0.717) is 12.8 Å². The minimum atomic E-state index is -0.972. The minimum Gasteiger partial charge on any atom is -0.382 e. The van der Waals surface area contributed by atoms with Crippen molar-refractivity contribution in [2.45, 2.75) is 83.2 Å². The van der Waals surface area contributed by atoms with Gasteiger partial charge in [0.05, 0.1) is 0 Å². The maximum atomic E-state index is 12.6. The molecule has 0 aliphatic heterocycles. The number of carbonyl (C=O) groups is 1. The third kappa shape index (κ3) is 3.14. The van der Waals surface area contributed by atoms with Crippen LogP contribution in [-0.4, -0.2) is 16.5 Å². The Morgan fingerprint density at radius 2 is 1.61 bits per heavy atom. The first-order valence-electron chi connectivity index (χ1n) is 7.92. The first-order chi connectivity index (χ1) is 8.65. The molecule has 0 aromatic carbocycles. The first-order valence-corrected chi connectivity index (χ1v) is 7.92. The summed E-state index contributed by atoms with van der Waals surface area (Å²) in [5.41, 5.74) is -0.972. The summed E-state index contributed by atoms with van der Waals surface area (Å²) < 4.78 is 0. The van der Waals surface area contributed by atoms with Gasteiger partial charge in [-0.2, -0.15) is 0 Å². The molecule has 0 bridgehead atoms. The molecule has 0 radical (unpaired) electrons. The predicted molar refractivity (Wildman–Crippen MR) is 73.4 cm³/mol. The lowest BCUT2D eigenvalue weighted by atomic mass is 9.73. The van der Waals surface area contributed by atoms with Gasteiger partial charge in [0.2, 0.25) is 0 Å². The average Bonchev–Trinajstić information content (AvgIpc) is 2.64. The third-order valence-corrected chi connectivity index (χ3v) is 5.18. The molecule has 2 saturated carbocycles. The number of aliphatic hydroxyl groups is 1. The van der Waals surface area contributed by atoms with E-state index in [1.165, 1.54) is 32.1 Å². The molecule has 2 aliphatic rings. The van der Waals surface area contributed by atoms with Crippen molar-refractivity contribution in [1.29, 1.82) is 0 Å². The molecule has 104 valence electrons. The summed E-state index contributed by atoms with van der Waals surface area (Å²) in [7, 11) is 0. The molecule has 0 aromatic rings. The molecule has 2 fully saturated rings. The Morgan fingerprint density at radius 3 is 2.11 bits per heavy atom. The monoisotopic (exact) mass is 252 g/mol. The van der Waals surface area contributed by atoms with Crippen LogP contribution in [0.2, 0.25) is 0 Å². The van der Waals surface area contributed by atoms with Gasteiger partial charge in [-0.15, -0.1) is 0 Å². The van der Waals surface area contributed by atoms with E-state index in [1.54, 1.807) is 0 Å². The smallest absolute Gasteiger partial charge is 0.167 e. The zero-order valence-electron chi connectivity index (χ0n) is 11.8. The molecule has 0 atom stereocenters. The zero-order valence-corrected chi connectivity index (χ0v) is 11.8. The number of rotatable bonds is 3. The van der Waals surface area contributed by atoms with E-state index in [2.05, 4.69) is 6.92 Å². The molecule has 18 heavy (non-hydrogen) atoms. The summed E-state index contributed by atoms with van der Waals surface area (Å²) in [5.74, 6) is 1.15. The number of hydrogen-bond donors (Lipinski definition) is 1. The largest absolute Gasteiger partial charge is 0.382 e. The molecule has 0 amide bonds. The Labute approximate surface area is 111 Å². The van der Waals surface area contributed by atoms with E-state index in [-0.39, 0.29) is 11.7 Å². The van der Waals surface area contributed by atoms with E-state index in [4.69, 9.17) is 0 Å². The Kier molecular flexibility index (Phi) is 4.83. The van der Waals surface area contributed by atoms with Gasteiger partial charge in [0.25, 0.3) is 0 Å². The van der Waals surface area contributed by atoms with E-state index >= 15 is 0 Å². The standard InChI is InChI=1S/C16H28O2/c1-2-13-7-9-14(10-8-13)15(17)16(18)11-5-3-4-6-12-16/h13-14,18H,2-12H2,1H3. The highest BCUT2D eigenvalue weighted by Crippen LogP contribution is 2.37. The summed E-state index contributed by atoms with van der Waals surface area (Å²) in [5, 5.41) is 10.6. The fraction of sp³-hybridized carbons (Fsp3) is 0.938. The molecule has 0 aromatic heterocycles. The molecule has 0 spiro atoms. The van der Waals surface area contributed by atoms with E-state index < -0.39 is 5.60 Å². The summed E-state index contributed by atoms with van der Waals surface area (Å²) >= 11 is 0. The minimum absolute atomic E-state index is 0.149. The van der Waals surface area contributed by atoms with Gasteiger partial charge >= 0.3 is 0 Å². The molecular weight excluding hydrogens is 224 g/mol. The van der Waals surface area contributed by atoms with Crippen LogP contribution in [0.5, 0.6) is 0 Å².